The highest BCUT2D eigenvalue weighted by Gasteiger charge is 2.20. The standard InChI is InChI=1S/C16H31O9P/c1-11(2)16(17)24-9-14(5)22-7-12(3)21-8-13(4)23-10-15(6)25-26(18,19)20/h12-15H,1,7-10H2,2-6H3,(H2,18,19,20). The molecule has 2 N–H and O–H groups in total. The number of esters is 1. The van der Waals surface area contributed by atoms with E-state index in [2.05, 4.69) is 11.1 Å². The van der Waals surface area contributed by atoms with Crippen LogP contribution in [0.2, 0.25) is 0 Å². The lowest BCUT2D eigenvalue weighted by atomic mass is 10.3. The highest BCUT2D eigenvalue weighted by Crippen LogP contribution is 2.37. The summed E-state index contributed by atoms with van der Waals surface area (Å²) in [4.78, 5) is 28.7. The quantitative estimate of drug-likeness (QED) is 0.256. The van der Waals surface area contributed by atoms with Gasteiger partial charge in [0.15, 0.2) is 0 Å². The molecule has 0 aliphatic heterocycles. The maximum atomic E-state index is 11.3. The fourth-order valence-corrected chi connectivity index (χ4v) is 2.15. The molecule has 4 unspecified atom stereocenters. The zero-order valence-electron chi connectivity index (χ0n) is 16.0. The van der Waals surface area contributed by atoms with Gasteiger partial charge in [0.25, 0.3) is 0 Å². The van der Waals surface area contributed by atoms with Crippen molar-refractivity contribution < 1.29 is 42.6 Å². The third-order valence-corrected chi connectivity index (χ3v) is 3.60. The lowest BCUT2D eigenvalue weighted by Gasteiger charge is -2.21. The first-order valence-electron chi connectivity index (χ1n) is 8.32. The van der Waals surface area contributed by atoms with Crippen molar-refractivity contribution in [2.24, 2.45) is 0 Å². The van der Waals surface area contributed by atoms with Crippen LogP contribution in [-0.2, 0) is 32.8 Å². The molecule has 0 saturated carbocycles. The van der Waals surface area contributed by atoms with E-state index in [1.165, 1.54) is 6.92 Å². The molecule has 0 spiro atoms. The lowest BCUT2D eigenvalue weighted by Crippen LogP contribution is -2.28. The molecule has 0 aliphatic carbocycles. The van der Waals surface area contributed by atoms with Crippen molar-refractivity contribution in [3.8, 4) is 0 Å². The summed E-state index contributed by atoms with van der Waals surface area (Å²) in [6.45, 7) is 12.7. The van der Waals surface area contributed by atoms with Gasteiger partial charge in [-0.15, -0.1) is 0 Å². The van der Waals surface area contributed by atoms with Crippen LogP contribution in [0.3, 0.4) is 0 Å². The van der Waals surface area contributed by atoms with Crippen LogP contribution in [-0.4, -0.2) is 66.6 Å². The molecule has 26 heavy (non-hydrogen) atoms. The van der Waals surface area contributed by atoms with Gasteiger partial charge >= 0.3 is 13.8 Å². The predicted octanol–water partition coefficient (Wildman–Crippen LogP) is 1.82. The SMILES string of the molecule is C=C(C)C(=O)OCC(C)OCC(C)OCC(C)OCC(C)OP(=O)(O)O. The van der Waals surface area contributed by atoms with E-state index in [4.69, 9.17) is 28.7 Å². The van der Waals surface area contributed by atoms with Gasteiger partial charge in [0.2, 0.25) is 0 Å². The zero-order chi connectivity index (χ0) is 20.3. The van der Waals surface area contributed by atoms with Crippen LogP contribution in [0.15, 0.2) is 12.2 Å². The van der Waals surface area contributed by atoms with Gasteiger partial charge < -0.3 is 28.7 Å². The normalized spacial score (nSPS) is 16.6. The molecule has 0 saturated heterocycles. The van der Waals surface area contributed by atoms with Crippen molar-refractivity contribution in [1.82, 2.24) is 0 Å². The first-order valence-corrected chi connectivity index (χ1v) is 9.85. The molecule has 0 rings (SSSR count). The van der Waals surface area contributed by atoms with Crippen molar-refractivity contribution in [2.75, 3.05) is 26.4 Å². The fraction of sp³-hybridized carbons (Fsp3) is 0.812. The molecule has 4 atom stereocenters. The van der Waals surface area contributed by atoms with Crippen LogP contribution in [0.25, 0.3) is 0 Å². The van der Waals surface area contributed by atoms with Crippen molar-refractivity contribution in [2.45, 2.75) is 59.0 Å². The minimum Gasteiger partial charge on any atom is -0.460 e. The Morgan fingerprint density at radius 3 is 1.65 bits per heavy atom. The Morgan fingerprint density at radius 1 is 0.885 bits per heavy atom. The zero-order valence-corrected chi connectivity index (χ0v) is 16.9. The third kappa shape index (κ3) is 14.4. The monoisotopic (exact) mass is 398 g/mol. The number of phosphoric ester groups is 1. The first-order chi connectivity index (χ1) is 11.9. The molecule has 0 amide bonds. The van der Waals surface area contributed by atoms with Crippen LogP contribution in [0, 0.1) is 0 Å². The molecule has 0 radical (unpaired) electrons. The third-order valence-electron chi connectivity index (χ3n) is 2.96. The van der Waals surface area contributed by atoms with Gasteiger partial charge in [0, 0.05) is 5.57 Å². The molecule has 0 fully saturated rings. The van der Waals surface area contributed by atoms with E-state index in [0.29, 0.717) is 12.2 Å². The summed E-state index contributed by atoms with van der Waals surface area (Å²) < 4.78 is 36.7. The van der Waals surface area contributed by atoms with Crippen LogP contribution in [0.5, 0.6) is 0 Å². The van der Waals surface area contributed by atoms with Crippen LogP contribution >= 0.6 is 7.82 Å². The molecule has 0 heterocycles. The van der Waals surface area contributed by atoms with Gasteiger partial charge in [-0.2, -0.15) is 0 Å². The minimum atomic E-state index is -4.51. The molecular weight excluding hydrogens is 367 g/mol. The van der Waals surface area contributed by atoms with Gasteiger partial charge in [-0.25, -0.2) is 9.36 Å². The molecule has 0 aromatic carbocycles. The molecule has 154 valence electrons. The molecule has 9 nitrogen and oxygen atoms in total. The first kappa shape index (κ1) is 25.2. The molecule has 0 aliphatic rings. The maximum absolute atomic E-state index is 11.3. The lowest BCUT2D eigenvalue weighted by molar-refractivity contribution is -0.144. The largest absolute Gasteiger partial charge is 0.469 e. The Kier molecular flexibility index (Phi) is 12.2. The summed E-state index contributed by atoms with van der Waals surface area (Å²) in [5.74, 6) is -0.451. The summed E-state index contributed by atoms with van der Waals surface area (Å²) in [7, 11) is -4.51. The summed E-state index contributed by atoms with van der Waals surface area (Å²) in [5.41, 5.74) is 0.336. The number of phosphoric acid groups is 1. The summed E-state index contributed by atoms with van der Waals surface area (Å²) in [6.07, 6.45) is -1.50. The Labute approximate surface area is 154 Å². The molecule has 0 bridgehead atoms. The van der Waals surface area contributed by atoms with E-state index in [1.54, 1.807) is 20.8 Å². The van der Waals surface area contributed by atoms with Crippen molar-refractivity contribution in [3.05, 3.63) is 12.2 Å². The Balaban J connectivity index is 3.86. The van der Waals surface area contributed by atoms with E-state index >= 15 is 0 Å². The second-order valence-corrected chi connectivity index (χ2v) is 7.41. The summed E-state index contributed by atoms with van der Waals surface area (Å²) in [5, 5.41) is 0. The van der Waals surface area contributed by atoms with E-state index < -0.39 is 19.9 Å². The molecular formula is C16H31O9P. The Morgan fingerprint density at radius 2 is 1.27 bits per heavy atom. The summed E-state index contributed by atoms with van der Waals surface area (Å²) in [6, 6.07) is 0. The second kappa shape index (κ2) is 12.6. The topological polar surface area (TPSA) is 121 Å². The number of carbonyl (C=O) groups excluding carboxylic acids is 1. The Bertz CT molecular complexity index is 476. The van der Waals surface area contributed by atoms with E-state index in [-0.39, 0.29) is 38.1 Å². The fourth-order valence-electron chi connectivity index (χ4n) is 1.62. The predicted molar refractivity (Wildman–Crippen MR) is 94.6 cm³/mol. The van der Waals surface area contributed by atoms with Crippen LogP contribution in [0.1, 0.15) is 34.6 Å². The highest BCUT2D eigenvalue weighted by atomic mass is 31.2. The van der Waals surface area contributed by atoms with Crippen LogP contribution < -0.4 is 0 Å². The molecule has 0 aromatic heterocycles. The average Bonchev–Trinajstić information content (AvgIpc) is 2.52. The Hall–Kier alpha value is -0.800. The number of ether oxygens (including phenoxy) is 4. The van der Waals surface area contributed by atoms with E-state index in [9.17, 15) is 9.36 Å². The summed E-state index contributed by atoms with van der Waals surface area (Å²) >= 11 is 0. The average molecular weight is 398 g/mol. The van der Waals surface area contributed by atoms with Crippen molar-refractivity contribution >= 4 is 13.8 Å². The maximum Gasteiger partial charge on any atom is 0.469 e. The highest BCUT2D eigenvalue weighted by molar-refractivity contribution is 7.46. The molecule has 10 heteroatoms. The molecule has 0 aromatic rings. The smallest absolute Gasteiger partial charge is 0.460 e. The second-order valence-electron chi connectivity index (χ2n) is 6.22. The number of hydrogen-bond donors (Lipinski definition) is 2. The van der Waals surface area contributed by atoms with Crippen molar-refractivity contribution in [3.63, 3.8) is 0 Å². The minimum absolute atomic E-state index is 0.0334. The van der Waals surface area contributed by atoms with Gasteiger partial charge in [-0.3, -0.25) is 4.52 Å². The van der Waals surface area contributed by atoms with Gasteiger partial charge in [-0.05, 0) is 34.6 Å². The number of carbonyl (C=O) groups is 1. The van der Waals surface area contributed by atoms with Crippen molar-refractivity contribution in [1.29, 1.82) is 0 Å². The van der Waals surface area contributed by atoms with Crippen LogP contribution in [0.4, 0.5) is 0 Å². The van der Waals surface area contributed by atoms with Gasteiger partial charge in [0.1, 0.15) is 6.61 Å². The van der Waals surface area contributed by atoms with Gasteiger partial charge in [-0.1, -0.05) is 6.58 Å². The van der Waals surface area contributed by atoms with Gasteiger partial charge in [0.05, 0.1) is 44.2 Å². The van der Waals surface area contributed by atoms with E-state index in [1.807, 2.05) is 6.92 Å². The number of rotatable bonds is 14. The number of hydrogen-bond acceptors (Lipinski definition) is 7. The van der Waals surface area contributed by atoms with E-state index in [0.717, 1.165) is 0 Å².